The molecule has 0 radical (unpaired) electrons. The number of carbonyl (C=O) groups excluding carboxylic acids is 1. The lowest BCUT2D eigenvalue weighted by molar-refractivity contribution is 0.262. The minimum atomic E-state index is -3.59. The number of nitrogens with one attached hydrogen (secondary N) is 4. The van der Waals surface area contributed by atoms with Gasteiger partial charge < -0.3 is 10.6 Å². The minimum absolute atomic E-state index is 0.149. The summed E-state index contributed by atoms with van der Waals surface area (Å²) in [5, 5.41) is 5.32. The first-order chi connectivity index (χ1) is 18.2. The van der Waals surface area contributed by atoms with Gasteiger partial charge in [-0.3, -0.25) is 9.44 Å². The van der Waals surface area contributed by atoms with E-state index in [9.17, 15) is 21.6 Å². The van der Waals surface area contributed by atoms with E-state index in [2.05, 4.69) is 20.1 Å². The van der Waals surface area contributed by atoms with Crippen LogP contribution >= 0.6 is 0 Å². The summed E-state index contributed by atoms with van der Waals surface area (Å²) in [6, 6.07) is 29.7. The standard InChI is InChI=1S/C27H26N4O5S2/c32-27(28-23-11-15-25(16-12-23)30-37(33,34)19-21-7-3-1-4-8-21)29-24-13-17-26(18-14-24)31-38(35,36)20-22-9-5-2-6-10-22/h1-18,30-31H,19-20H2,(H2,28,29,32). The number of rotatable bonds is 10. The quantitative estimate of drug-likeness (QED) is 0.215. The average Bonchev–Trinajstić information content (AvgIpc) is 2.87. The molecular formula is C27H26N4O5S2. The van der Waals surface area contributed by atoms with Crippen LogP contribution in [0.4, 0.5) is 27.5 Å². The summed E-state index contributed by atoms with van der Waals surface area (Å²) in [4.78, 5) is 12.4. The van der Waals surface area contributed by atoms with Crippen molar-refractivity contribution in [1.29, 1.82) is 0 Å². The maximum atomic E-state index is 12.4. The largest absolute Gasteiger partial charge is 0.323 e. The molecule has 0 aliphatic heterocycles. The van der Waals surface area contributed by atoms with Crippen LogP contribution in [0.25, 0.3) is 0 Å². The Bertz CT molecular complexity index is 1460. The highest BCUT2D eigenvalue weighted by Gasteiger charge is 2.13. The number of carbonyl (C=O) groups is 1. The number of hydrogen-bond acceptors (Lipinski definition) is 5. The molecule has 0 atom stereocenters. The first-order valence-corrected chi connectivity index (χ1v) is 14.8. The van der Waals surface area contributed by atoms with Gasteiger partial charge in [0.2, 0.25) is 20.0 Å². The van der Waals surface area contributed by atoms with Crippen LogP contribution in [-0.4, -0.2) is 22.9 Å². The number of amides is 2. The average molecular weight is 551 g/mol. The second kappa shape index (κ2) is 11.8. The first-order valence-electron chi connectivity index (χ1n) is 11.5. The van der Waals surface area contributed by atoms with Crippen LogP contribution in [0.3, 0.4) is 0 Å². The maximum absolute atomic E-state index is 12.4. The predicted molar refractivity (Wildman–Crippen MR) is 151 cm³/mol. The van der Waals surface area contributed by atoms with Gasteiger partial charge in [0.15, 0.2) is 0 Å². The van der Waals surface area contributed by atoms with E-state index < -0.39 is 26.1 Å². The van der Waals surface area contributed by atoms with Crippen molar-refractivity contribution in [2.75, 3.05) is 20.1 Å². The van der Waals surface area contributed by atoms with Gasteiger partial charge >= 0.3 is 6.03 Å². The molecule has 4 aromatic rings. The highest BCUT2D eigenvalue weighted by Crippen LogP contribution is 2.19. The molecule has 2 amide bonds. The van der Waals surface area contributed by atoms with Gasteiger partial charge in [0, 0.05) is 22.7 Å². The number of hydrogen-bond donors (Lipinski definition) is 4. The highest BCUT2D eigenvalue weighted by molar-refractivity contribution is 7.92. The second-order valence-electron chi connectivity index (χ2n) is 8.43. The molecule has 0 aromatic heterocycles. The summed E-state index contributed by atoms with van der Waals surface area (Å²) in [6.45, 7) is 0. The molecule has 4 rings (SSSR count). The van der Waals surface area contributed by atoms with Crippen LogP contribution in [0, 0.1) is 0 Å². The predicted octanol–water partition coefficient (Wildman–Crippen LogP) is 5.21. The van der Waals surface area contributed by atoms with Gasteiger partial charge in [-0.15, -0.1) is 0 Å². The van der Waals surface area contributed by atoms with Gasteiger partial charge in [-0.05, 0) is 59.7 Å². The van der Waals surface area contributed by atoms with E-state index in [0.717, 1.165) is 0 Å². The molecule has 0 fully saturated rings. The third-order valence-corrected chi connectivity index (χ3v) is 7.75. The Morgan fingerprint density at radius 3 is 1.13 bits per heavy atom. The third-order valence-electron chi connectivity index (χ3n) is 5.23. The van der Waals surface area contributed by atoms with Crippen molar-refractivity contribution in [1.82, 2.24) is 0 Å². The van der Waals surface area contributed by atoms with Gasteiger partial charge in [0.1, 0.15) is 0 Å². The monoisotopic (exact) mass is 550 g/mol. The van der Waals surface area contributed by atoms with E-state index in [0.29, 0.717) is 33.9 Å². The van der Waals surface area contributed by atoms with Crippen molar-refractivity contribution in [3.63, 3.8) is 0 Å². The molecule has 4 N–H and O–H groups in total. The number of anilines is 4. The molecule has 11 heteroatoms. The summed E-state index contributed by atoms with van der Waals surface area (Å²) in [5.74, 6) is -0.299. The molecule has 0 aliphatic carbocycles. The second-order valence-corrected chi connectivity index (χ2v) is 11.9. The summed E-state index contributed by atoms with van der Waals surface area (Å²) in [5.41, 5.74) is 3.01. The maximum Gasteiger partial charge on any atom is 0.323 e. The minimum Gasteiger partial charge on any atom is -0.308 e. The fourth-order valence-corrected chi connectivity index (χ4v) is 5.95. The van der Waals surface area contributed by atoms with Crippen LogP contribution in [0.1, 0.15) is 11.1 Å². The van der Waals surface area contributed by atoms with Crippen molar-refractivity contribution in [2.45, 2.75) is 11.5 Å². The fraction of sp³-hybridized carbons (Fsp3) is 0.0741. The number of sulfonamides is 2. The van der Waals surface area contributed by atoms with Crippen molar-refractivity contribution in [2.24, 2.45) is 0 Å². The van der Waals surface area contributed by atoms with Crippen LogP contribution in [-0.2, 0) is 31.6 Å². The zero-order valence-electron chi connectivity index (χ0n) is 20.2. The molecule has 0 spiro atoms. The van der Waals surface area contributed by atoms with Crippen molar-refractivity contribution in [3.05, 3.63) is 120 Å². The zero-order valence-corrected chi connectivity index (χ0v) is 21.8. The first kappa shape index (κ1) is 26.7. The van der Waals surface area contributed by atoms with Gasteiger partial charge in [-0.2, -0.15) is 0 Å². The van der Waals surface area contributed by atoms with E-state index in [1.165, 1.54) is 0 Å². The Hall–Kier alpha value is -4.35. The summed E-state index contributed by atoms with van der Waals surface area (Å²) in [7, 11) is -7.18. The summed E-state index contributed by atoms with van der Waals surface area (Å²) < 4.78 is 54.6. The van der Waals surface area contributed by atoms with Crippen LogP contribution < -0.4 is 20.1 Å². The summed E-state index contributed by atoms with van der Waals surface area (Å²) >= 11 is 0. The molecule has 4 aromatic carbocycles. The van der Waals surface area contributed by atoms with Crippen molar-refractivity contribution < 1.29 is 21.6 Å². The van der Waals surface area contributed by atoms with Crippen LogP contribution in [0.2, 0.25) is 0 Å². The van der Waals surface area contributed by atoms with Gasteiger partial charge in [0.05, 0.1) is 11.5 Å². The van der Waals surface area contributed by atoms with Gasteiger partial charge in [-0.1, -0.05) is 60.7 Å². The fourth-order valence-electron chi connectivity index (χ4n) is 3.56. The van der Waals surface area contributed by atoms with E-state index >= 15 is 0 Å². The Kier molecular flexibility index (Phi) is 8.29. The highest BCUT2D eigenvalue weighted by atomic mass is 32.2. The number of benzene rings is 4. The van der Waals surface area contributed by atoms with Crippen molar-refractivity contribution in [3.8, 4) is 0 Å². The van der Waals surface area contributed by atoms with E-state index in [4.69, 9.17) is 0 Å². The molecule has 0 saturated heterocycles. The molecule has 196 valence electrons. The van der Waals surface area contributed by atoms with E-state index in [1.807, 2.05) is 12.1 Å². The topological polar surface area (TPSA) is 133 Å². The molecule has 38 heavy (non-hydrogen) atoms. The van der Waals surface area contributed by atoms with Crippen LogP contribution in [0.15, 0.2) is 109 Å². The Morgan fingerprint density at radius 2 is 0.789 bits per heavy atom. The zero-order chi connectivity index (χ0) is 27.0. The lowest BCUT2D eigenvalue weighted by Gasteiger charge is -2.11. The Balaban J connectivity index is 1.27. The smallest absolute Gasteiger partial charge is 0.308 e. The molecule has 0 unspecified atom stereocenters. The van der Waals surface area contributed by atoms with Crippen molar-refractivity contribution >= 4 is 48.8 Å². The lowest BCUT2D eigenvalue weighted by Crippen LogP contribution is -2.19. The van der Waals surface area contributed by atoms with Crippen LogP contribution in [0.5, 0.6) is 0 Å². The molecule has 0 saturated carbocycles. The molecule has 0 heterocycles. The van der Waals surface area contributed by atoms with E-state index in [-0.39, 0.29) is 11.5 Å². The van der Waals surface area contributed by atoms with Gasteiger partial charge in [-0.25, -0.2) is 21.6 Å². The lowest BCUT2D eigenvalue weighted by atomic mass is 10.2. The summed E-state index contributed by atoms with van der Waals surface area (Å²) in [6.07, 6.45) is 0. The number of urea groups is 1. The third kappa shape index (κ3) is 8.36. The van der Waals surface area contributed by atoms with E-state index in [1.54, 1.807) is 97.1 Å². The SMILES string of the molecule is O=C(Nc1ccc(NS(=O)(=O)Cc2ccccc2)cc1)Nc1ccc(NS(=O)(=O)Cc2ccccc2)cc1. The molecule has 9 nitrogen and oxygen atoms in total. The van der Waals surface area contributed by atoms with Gasteiger partial charge in [0.25, 0.3) is 0 Å². The molecular weight excluding hydrogens is 524 g/mol. The Labute approximate surface area is 222 Å². The Morgan fingerprint density at radius 1 is 0.474 bits per heavy atom. The molecule has 0 aliphatic rings. The molecule has 0 bridgehead atoms. The normalized spacial score (nSPS) is 11.4.